The van der Waals surface area contributed by atoms with Gasteiger partial charge in [0.2, 0.25) is 5.89 Å². The lowest BCUT2D eigenvalue weighted by Gasteiger charge is -2.05. The maximum Gasteiger partial charge on any atom is 0.265 e. The molecule has 2 heterocycles. The summed E-state index contributed by atoms with van der Waals surface area (Å²) in [6.45, 7) is 0.398. The molecule has 0 aliphatic carbocycles. The van der Waals surface area contributed by atoms with E-state index < -0.39 is 0 Å². The molecule has 0 bridgehead atoms. The van der Waals surface area contributed by atoms with Crippen molar-refractivity contribution in [2.24, 2.45) is 0 Å². The monoisotopic (exact) mass is 282 g/mol. The van der Waals surface area contributed by atoms with E-state index in [9.17, 15) is 4.79 Å². The minimum absolute atomic E-state index is 0.240. The first kappa shape index (κ1) is 13.3. The van der Waals surface area contributed by atoms with Crippen LogP contribution in [-0.4, -0.2) is 41.7 Å². The van der Waals surface area contributed by atoms with Gasteiger partial charge in [-0.25, -0.2) is 4.98 Å². The summed E-state index contributed by atoms with van der Waals surface area (Å²) in [5, 5.41) is 6.91. The minimum atomic E-state index is -0.248. The number of nitrogens with two attached hydrogens (primary N) is 1. The number of hydrogen-bond donors (Lipinski definition) is 2. The zero-order valence-corrected chi connectivity index (χ0v) is 11.4. The van der Waals surface area contributed by atoms with Gasteiger partial charge >= 0.3 is 0 Å². The molecule has 0 aliphatic rings. The van der Waals surface area contributed by atoms with Crippen molar-refractivity contribution in [1.29, 1.82) is 0 Å². The third kappa shape index (κ3) is 3.19. The Morgan fingerprint density at radius 1 is 1.58 bits per heavy atom. The van der Waals surface area contributed by atoms with E-state index in [0.717, 1.165) is 0 Å². The molecule has 0 spiro atoms. The fourth-order valence-electron chi connectivity index (χ4n) is 1.34. The Balaban J connectivity index is 1.92. The largest absolute Gasteiger partial charge is 0.382 e. The van der Waals surface area contributed by atoms with Gasteiger partial charge in [0, 0.05) is 27.1 Å². The normalized spacial score (nSPS) is 10.4. The smallest absolute Gasteiger partial charge is 0.265 e. The summed E-state index contributed by atoms with van der Waals surface area (Å²) in [6, 6.07) is 0. The molecular formula is C10H14N6O2S. The first-order valence-corrected chi connectivity index (χ1v) is 6.37. The van der Waals surface area contributed by atoms with Crippen LogP contribution in [0, 0.1) is 0 Å². The van der Waals surface area contributed by atoms with Crippen LogP contribution in [-0.2, 0) is 6.42 Å². The fraction of sp³-hybridized carbons (Fsp3) is 0.400. The molecule has 0 aromatic carbocycles. The lowest BCUT2D eigenvalue weighted by molar-refractivity contribution is 0.0958. The van der Waals surface area contributed by atoms with Crippen LogP contribution in [0.4, 0.5) is 10.9 Å². The molecule has 0 fully saturated rings. The molecule has 8 nitrogen and oxygen atoms in total. The van der Waals surface area contributed by atoms with E-state index in [1.165, 1.54) is 17.7 Å². The van der Waals surface area contributed by atoms with E-state index in [1.54, 1.807) is 4.90 Å². The Morgan fingerprint density at radius 3 is 2.95 bits per heavy atom. The second-order valence-corrected chi connectivity index (χ2v) is 4.92. The number of carbonyl (C=O) groups is 1. The second-order valence-electron chi connectivity index (χ2n) is 3.95. The van der Waals surface area contributed by atoms with Crippen LogP contribution >= 0.6 is 11.3 Å². The van der Waals surface area contributed by atoms with Gasteiger partial charge in [-0.1, -0.05) is 16.5 Å². The standard InChI is InChI=1S/C10H14N6O2S/c1-16(2)10-15-8(11)7(19-10)9(17)12-4-3-6-13-5-14-18-6/h5H,3-4,11H2,1-2H3,(H,12,17). The number of thiazole rings is 1. The quantitative estimate of drug-likeness (QED) is 0.802. The van der Waals surface area contributed by atoms with Crippen LogP contribution in [0.2, 0.25) is 0 Å². The van der Waals surface area contributed by atoms with Crippen LogP contribution in [0.5, 0.6) is 0 Å². The van der Waals surface area contributed by atoms with Crippen LogP contribution in [0.3, 0.4) is 0 Å². The lowest BCUT2D eigenvalue weighted by atomic mass is 10.4. The number of amides is 1. The van der Waals surface area contributed by atoms with Crippen molar-refractivity contribution < 1.29 is 9.32 Å². The van der Waals surface area contributed by atoms with Gasteiger partial charge in [0.25, 0.3) is 5.91 Å². The van der Waals surface area contributed by atoms with E-state index in [1.807, 2.05) is 14.1 Å². The number of anilines is 2. The van der Waals surface area contributed by atoms with Gasteiger partial charge in [-0.05, 0) is 0 Å². The first-order valence-electron chi connectivity index (χ1n) is 5.55. The summed E-state index contributed by atoms with van der Waals surface area (Å²) in [5.41, 5.74) is 5.72. The highest BCUT2D eigenvalue weighted by atomic mass is 32.1. The Bertz CT molecular complexity index is 550. The topological polar surface area (TPSA) is 110 Å². The maximum absolute atomic E-state index is 11.9. The van der Waals surface area contributed by atoms with Crippen molar-refractivity contribution in [3.8, 4) is 0 Å². The van der Waals surface area contributed by atoms with Crippen molar-refractivity contribution in [2.75, 3.05) is 31.3 Å². The summed E-state index contributed by atoms with van der Waals surface area (Å²) in [5.74, 6) is 0.471. The number of nitrogen functional groups attached to an aromatic ring is 1. The summed E-state index contributed by atoms with van der Waals surface area (Å²) < 4.78 is 4.83. The van der Waals surface area contributed by atoms with Crippen LogP contribution < -0.4 is 16.0 Å². The Labute approximate surface area is 113 Å². The second kappa shape index (κ2) is 5.65. The van der Waals surface area contributed by atoms with Gasteiger partial charge in [0.15, 0.2) is 11.5 Å². The summed E-state index contributed by atoms with van der Waals surface area (Å²) in [7, 11) is 3.69. The first-order chi connectivity index (χ1) is 9.08. The number of nitrogens with one attached hydrogen (secondary N) is 1. The SMILES string of the molecule is CN(C)c1nc(N)c(C(=O)NCCc2ncno2)s1. The van der Waals surface area contributed by atoms with Crippen LogP contribution in [0.1, 0.15) is 15.6 Å². The van der Waals surface area contributed by atoms with Gasteiger partial charge in [0.05, 0.1) is 0 Å². The van der Waals surface area contributed by atoms with E-state index >= 15 is 0 Å². The molecule has 0 saturated heterocycles. The molecule has 0 aliphatic heterocycles. The number of hydrogen-bond acceptors (Lipinski definition) is 8. The van der Waals surface area contributed by atoms with E-state index in [4.69, 9.17) is 10.3 Å². The highest BCUT2D eigenvalue weighted by Crippen LogP contribution is 2.26. The molecule has 9 heteroatoms. The zero-order valence-electron chi connectivity index (χ0n) is 10.6. The van der Waals surface area contributed by atoms with Gasteiger partial charge in [-0.3, -0.25) is 4.79 Å². The predicted molar refractivity (Wildman–Crippen MR) is 71.2 cm³/mol. The number of carbonyl (C=O) groups excluding carboxylic acids is 1. The van der Waals surface area contributed by atoms with Crippen LogP contribution in [0.25, 0.3) is 0 Å². The van der Waals surface area contributed by atoms with Crippen LogP contribution in [0.15, 0.2) is 10.9 Å². The molecule has 0 atom stereocenters. The molecule has 3 N–H and O–H groups in total. The van der Waals surface area contributed by atoms with Gasteiger partial charge in [0.1, 0.15) is 10.7 Å². The molecular weight excluding hydrogens is 268 g/mol. The predicted octanol–water partition coefficient (Wildman–Crippen LogP) is 0.147. The average molecular weight is 282 g/mol. The van der Waals surface area contributed by atoms with Gasteiger partial charge < -0.3 is 20.5 Å². The molecule has 2 rings (SSSR count). The highest BCUT2D eigenvalue weighted by molar-refractivity contribution is 7.18. The maximum atomic E-state index is 11.9. The van der Waals surface area contributed by atoms with Crippen molar-refractivity contribution in [3.05, 3.63) is 17.1 Å². The Hall–Kier alpha value is -2.16. The Morgan fingerprint density at radius 2 is 2.37 bits per heavy atom. The van der Waals surface area contributed by atoms with Crippen molar-refractivity contribution >= 4 is 28.2 Å². The molecule has 19 heavy (non-hydrogen) atoms. The fourth-order valence-corrected chi connectivity index (χ4v) is 2.17. The molecule has 0 radical (unpaired) electrons. The highest BCUT2D eigenvalue weighted by Gasteiger charge is 2.16. The molecule has 2 aromatic heterocycles. The third-order valence-electron chi connectivity index (χ3n) is 2.26. The number of aromatic nitrogens is 3. The van der Waals surface area contributed by atoms with Gasteiger partial charge in [-0.2, -0.15) is 4.98 Å². The van der Waals surface area contributed by atoms with E-state index in [-0.39, 0.29) is 11.7 Å². The van der Waals surface area contributed by atoms with E-state index in [0.29, 0.717) is 28.9 Å². The van der Waals surface area contributed by atoms with Gasteiger partial charge in [-0.15, -0.1) is 0 Å². The zero-order chi connectivity index (χ0) is 13.8. The number of rotatable bonds is 5. The van der Waals surface area contributed by atoms with Crippen molar-refractivity contribution in [2.45, 2.75) is 6.42 Å². The molecule has 102 valence electrons. The lowest BCUT2D eigenvalue weighted by Crippen LogP contribution is -2.25. The molecule has 0 unspecified atom stereocenters. The molecule has 2 aromatic rings. The summed E-state index contributed by atoms with van der Waals surface area (Å²) >= 11 is 1.25. The average Bonchev–Trinajstić information content (AvgIpc) is 2.98. The molecule has 1 amide bonds. The summed E-state index contributed by atoms with van der Waals surface area (Å²) in [6.07, 6.45) is 1.80. The third-order valence-corrected chi connectivity index (χ3v) is 3.50. The summed E-state index contributed by atoms with van der Waals surface area (Å²) in [4.78, 5) is 22.1. The Kier molecular flexibility index (Phi) is 3.95. The van der Waals surface area contributed by atoms with Crippen molar-refractivity contribution in [1.82, 2.24) is 20.4 Å². The minimum Gasteiger partial charge on any atom is -0.382 e. The molecule has 0 saturated carbocycles. The number of nitrogens with zero attached hydrogens (tertiary/aromatic N) is 4. The van der Waals surface area contributed by atoms with Crippen molar-refractivity contribution in [3.63, 3.8) is 0 Å². The van der Waals surface area contributed by atoms with E-state index in [2.05, 4.69) is 20.4 Å².